The van der Waals surface area contributed by atoms with Crippen LogP contribution in [0.3, 0.4) is 0 Å². The van der Waals surface area contributed by atoms with Crippen LogP contribution in [0.1, 0.15) is 28.3 Å². The average Bonchev–Trinajstić information content (AvgIpc) is 0.779. The van der Waals surface area contributed by atoms with Crippen LogP contribution in [0.5, 0.6) is 40.2 Å². The summed E-state index contributed by atoms with van der Waals surface area (Å²) in [6.45, 7) is 1.08. The Bertz CT molecular complexity index is 5280. The number of benzene rings is 1. The number of nitriles is 1. The maximum absolute atomic E-state index is 14.4. The molecule has 12 aromatic rings. The quantitative estimate of drug-likeness (QED) is 0.145. The van der Waals surface area contributed by atoms with Crippen molar-refractivity contribution in [1.29, 1.82) is 5.26 Å². The van der Waals surface area contributed by atoms with Crippen molar-refractivity contribution in [2.45, 2.75) is 26.4 Å². The first kappa shape index (κ1) is 65.1. The van der Waals surface area contributed by atoms with E-state index in [0.717, 1.165) is 50.9 Å². The van der Waals surface area contributed by atoms with Crippen LogP contribution in [-0.2, 0) is 26.4 Å². The van der Waals surface area contributed by atoms with Gasteiger partial charge in [0.2, 0.25) is 5.56 Å². The van der Waals surface area contributed by atoms with Crippen molar-refractivity contribution in [1.82, 2.24) is 53.6 Å². The number of pyridine rings is 11. The second-order valence-corrected chi connectivity index (χ2v) is 21.6. The third-order valence-electron chi connectivity index (χ3n) is 15.3. The number of nitrogens with one attached hydrogen (secondary N) is 1. The van der Waals surface area contributed by atoms with E-state index in [1.165, 1.54) is 48.3 Å². The van der Waals surface area contributed by atoms with Crippen molar-refractivity contribution in [3.8, 4) is 120 Å². The van der Waals surface area contributed by atoms with E-state index in [0.29, 0.717) is 91.9 Å². The van der Waals surface area contributed by atoms with Crippen LogP contribution in [0.15, 0.2) is 207 Å². The van der Waals surface area contributed by atoms with Gasteiger partial charge in [-0.1, -0.05) is 12.1 Å². The molecule has 0 fully saturated rings. The van der Waals surface area contributed by atoms with Crippen LogP contribution >= 0.6 is 53.2 Å². The van der Waals surface area contributed by atoms with Gasteiger partial charge in [0.25, 0.3) is 16.7 Å². The van der Waals surface area contributed by atoms with Crippen LogP contribution < -0.4 is 55.4 Å². The predicted octanol–water partition coefficient (Wildman–Crippen LogP) is 12.1. The molecule has 0 radical (unpaired) electrons. The van der Waals surface area contributed by atoms with Gasteiger partial charge in [0.05, 0.1) is 108 Å². The monoisotopic (exact) mass is 1570 g/mol. The Labute approximate surface area is 575 Å². The third kappa shape index (κ3) is 13.0. The van der Waals surface area contributed by atoms with Gasteiger partial charge >= 0.3 is 0 Å². The number of aromatic nitrogens is 11. The van der Waals surface area contributed by atoms with Gasteiger partial charge < -0.3 is 38.1 Å². The van der Waals surface area contributed by atoms with E-state index in [-0.39, 0.29) is 46.6 Å². The highest BCUT2D eigenvalue weighted by atomic mass is 128. The molecule has 1 N–H and O–H groups in total. The lowest BCUT2D eigenvalue weighted by atomic mass is 9.96. The lowest BCUT2D eigenvalue weighted by Crippen LogP contribution is -2.27. The Balaban J connectivity index is 0.000000125. The number of ether oxygens (including phenoxy) is 7. The van der Waals surface area contributed by atoms with Crippen molar-refractivity contribution >= 4 is 53.2 Å². The van der Waals surface area contributed by atoms with E-state index >= 15 is 0 Å². The molecule has 0 saturated carbocycles. The number of H-pyrrole nitrogens is 1. The number of hydrogen-bond donors (Lipinski definition) is 1. The fraction of sp³-hybridized carbons (Fsp3) is 0.101. The molecule has 16 rings (SSSR count). The highest BCUT2D eigenvalue weighted by Crippen LogP contribution is 2.41. The van der Waals surface area contributed by atoms with Crippen molar-refractivity contribution < 1.29 is 37.5 Å². The van der Waals surface area contributed by atoms with Crippen LogP contribution in [-0.4, -0.2) is 74.9 Å². The van der Waals surface area contributed by atoms with E-state index in [9.17, 15) is 28.8 Å². The summed E-state index contributed by atoms with van der Waals surface area (Å²) in [5.74, 6) is 3.67. The molecule has 0 spiro atoms. The van der Waals surface area contributed by atoms with Crippen LogP contribution in [0, 0.1) is 17.1 Å². The Morgan fingerprint density at radius 3 is 1.43 bits per heavy atom. The highest BCUT2D eigenvalue weighted by Gasteiger charge is 2.29. The van der Waals surface area contributed by atoms with E-state index < -0.39 is 11.4 Å². The number of nitrogens with zero attached hydrogens (tertiary/aromatic N) is 11. The minimum absolute atomic E-state index is 0.114. The Hall–Kier alpha value is -11.0. The largest absolute Gasteiger partial charge is 0.495 e. The average molecular weight is 1570 g/mol. The van der Waals surface area contributed by atoms with Crippen molar-refractivity contribution in [2.24, 2.45) is 0 Å². The fourth-order valence-corrected chi connectivity index (χ4v) is 11.4. The van der Waals surface area contributed by atoms with Gasteiger partial charge in [-0.05, 0) is 94.8 Å². The third-order valence-corrected chi connectivity index (χ3v) is 15.9. The molecule has 27 heteroatoms. The number of halogens is 4. The van der Waals surface area contributed by atoms with Crippen LogP contribution in [0.25, 0.3) is 73.2 Å². The molecule has 478 valence electrons. The fourth-order valence-electron chi connectivity index (χ4n) is 11.0. The zero-order valence-corrected chi connectivity index (χ0v) is 56.5. The van der Waals surface area contributed by atoms with Crippen LogP contribution in [0.2, 0.25) is 0 Å². The first-order chi connectivity index (χ1) is 46.9. The molecule has 0 atom stereocenters. The van der Waals surface area contributed by atoms with Crippen molar-refractivity contribution in [3.05, 3.63) is 263 Å². The van der Waals surface area contributed by atoms with Crippen LogP contribution in [0.4, 0.5) is 4.39 Å². The second-order valence-electron chi connectivity index (χ2n) is 20.7. The second kappa shape index (κ2) is 29.1. The summed E-state index contributed by atoms with van der Waals surface area (Å²) in [6.07, 6.45) is 16.2. The topological polar surface area (TPSA) is 277 Å². The molecule has 0 saturated heterocycles. The summed E-state index contributed by atoms with van der Waals surface area (Å²) in [5.41, 5.74) is 9.91. The Morgan fingerprint density at radius 2 is 0.927 bits per heavy atom. The van der Waals surface area contributed by atoms with Gasteiger partial charge in [-0.25, -0.2) is 4.39 Å². The summed E-state index contributed by atoms with van der Waals surface area (Å²) in [4.78, 5) is 82.6. The maximum Gasteiger partial charge on any atom is 0.269 e. The standard InChI is InChI=1S/C24H15FN4O3.C17H12BrN3O3.C17H13N3O3.C11H8N2O2.I2/c1-31-15-8-14(11-27-12-15)29-21-13-32-22-6-3-7-28-23(22)18(21)9-17(24(29)30)16-4-2-5-20(25)19(16)10-26;1-23-11-5-10(7-19-8-11)21-14-9-24-15-3-2-4-20-16(15)12(14)6-13(18)17(21)22;1-22-12-7-11(8-18-9-12)20-14-10-23-15-3-2-6-19-17(15)13(14)4-5-16(20)21;14-10-4-3-7-8(13-10)6-15-9-2-1-5-12-11(7)9;1-2/h2-9,11-12H,13H2,1H3;2-8H,9H2,1H3;2-9H,10H2,1H3;1-5H,6H2,(H,13,14);. The number of hydrogen-bond acceptors (Lipinski definition) is 19. The summed E-state index contributed by atoms with van der Waals surface area (Å²) >= 11 is 7.60. The van der Waals surface area contributed by atoms with Gasteiger partial charge in [-0.15, -0.1) is 0 Å². The zero-order chi connectivity index (χ0) is 67.0. The van der Waals surface area contributed by atoms with Gasteiger partial charge in [0, 0.05) is 126 Å². The summed E-state index contributed by atoms with van der Waals surface area (Å²) in [5, 5.41) is 9.54. The van der Waals surface area contributed by atoms with Crippen molar-refractivity contribution in [3.63, 3.8) is 0 Å². The van der Waals surface area contributed by atoms with E-state index in [1.54, 1.807) is 134 Å². The van der Waals surface area contributed by atoms with E-state index in [2.05, 4.69) is 93.0 Å². The van der Waals surface area contributed by atoms with Gasteiger partial charge in [-0.2, -0.15) is 5.26 Å². The molecular formula is C69H48BrFI2N12O11. The number of methoxy groups -OCH3 is 3. The zero-order valence-electron chi connectivity index (χ0n) is 50.6. The smallest absolute Gasteiger partial charge is 0.269 e. The molecule has 0 aliphatic carbocycles. The molecule has 11 aromatic heterocycles. The SMILES string of the molecule is COc1cncc(-n2c3c(cc(-c4cccc(F)c4C#N)c2=O)-c2ncccc2OC3)c1.COc1cncc(-n2c3c(cc(Br)c2=O)-c2ncccc2OC3)c1.COc1cncc(-n2c3c(ccc2=O)-c2ncccc2OC3)c1.II.O=c1ccc2c([nH]1)COc1cccnc1-2. The molecule has 0 amide bonds. The Kier molecular flexibility index (Phi) is 19.8. The van der Waals surface area contributed by atoms with E-state index in [4.69, 9.17) is 33.2 Å². The molecule has 15 heterocycles. The Morgan fingerprint density at radius 1 is 0.490 bits per heavy atom. The minimum Gasteiger partial charge on any atom is -0.495 e. The molecule has 0 unspecified atom stereocenters. The molecule has 96 heavy (non-hydrogen) atoms. The van der Waals surface area contributed by atoms with Crippen molar-refractivity contribution in [2.75, 3.05) is 21.3 Å². The molecule has 1 aromatic carbocycles. The molecule has 23 nitrogen and oxygen atoms in total. The van der Waals surface area contributed by atoms with Gasteiger partial charge in [-0.3, -0.25) is 67.8 Å². The lowest BCUT2D eigenvalue weighted by molar-refractivity contribution is 0.291. The van der Waals surface area contributed by atoms with Gasteiger partial charge in [0.15, 0.2) is 0 Å². The number of rotatable bonds is 7. The molecule has 0 bridgehead atoms. The number of aromatic amines is 1. The molecular weight excluding hydrogens is 1530 g/mol. The molecule has 4 aliphatic heterocycles. The van der Waals surface area contributed by atoms with E-state index in [1.807, 2.05) is 42.5 Å². The minimum atomic E-state index is -0.696. The normalized spacial score (nSPS) is 11.8. The summed E-state index contributed by atoms with van der Waals surface area (Å²) in [6, 6.07) is 35.9. The lowest BCUT2D eigenvalue weighted by Gasteiger charge is -2.24. The highest BCUT2D eigenvalue weighted by molar-refractivity contribution is 15.0. The summed E-state index contributed by atoms with van der Waals surface area (Å²) < 4.78 is 58.0. The maximum atomic E-state index is 14.4. The summed E-state index contributed by atoms with van der Waals surface area (Å²) in [7, 11) is 4.63. The van der Waals surface area contributed by atoms with Gasteiger partial charge in [0.1, 0.15) is 101 Å². The number of fused-ring (bicyclic) bond motifs is 12. The predicted molar refractivity (Wildman–Crippen MR) is 372 cm³/mol. The first-order valence-corrected chi connectivity index (χ1v) is 35.9. The first-order valence-electron chi connectivity index (χ1n) is 28.8. The molecule has 4 aliphatic rings.